The van der Waals surface area contributed by atoms with Crippen LogP contribution in [0.3, 0.4) is 0 Å². The Morgan fingerprint density at radius 2 is 1.87 bits per heavy atom. The molecule has 11 nitrogen and oxygen atoms in total. The molecule has 2 heterocycles. The number of urea groups is 1. The van der Waals surface area contributed by atoms with Gasteiger partial charge in [-0.1, -0.05) is 35.5 Å². The zero-order chi connectivity index (χ0) is 40.0. The lowest BCUT2D eigenvalue weighted by atomic mass is 9.72. The first-order chi connectivity index (χ1) is 26.4. The van der Waals surface area contributed by atoms with E-state index in [0.29, 0.717) is 56.5 Å². The minimum Gasteiger partial charge on any atom is -0.394 e. The lowest BCUT2D eigenvalue weighted by molar-refractivity contribution is -0.137. The highest BCUT2D eigenvalue weighted by molar-refractivity contribution is 6.00. The molecule has 0 unspecified atom stereocenters. The number of likely N-dealkylation sites (tertiary alicyclic amines) is 1. The zero-order valence-electron chi connectivity index (χ0n) is 32.7. The molecule has 0 saturated carbocycles. The zero-order valence-corrected chi connectivity index (χ0v) is 32.7. The molecule has 302 valence electrons. The summed E-state index contributed by atoms with van der Waals surface area (Å²) in [5, 5.41) is 8.15. The van der Waals surface area contributed by atoms with E-state index in [1.54, 1.807) is 7.11 Å². The van der Waals surface area contributed by atoms with Crippen molar-refractivity contribution in [2.45, 2.75) is 63.6 Å². The Morgan fingerprint density at radius 3 is 2.53 bits per heavy atom. The highest BCUT2D eigenvalue weighted by Gasteiger charge is 2.44. The number of ether oxygens (including phenoxy) is 1. The van der Waals surface area contributed by atoms with Crippen molar-refractivity contribution in [2.24, 2.45) is 16.8 Å². The minimum atomic E-state index is -4.34. The van der Waals surface area contributed by atoms with Crippen molar-refractivity contribution in [2.75, 3.05) is 73.7 Å². The molecule has 1 aromatic heterocycles. The Hall–Kier alpha value is -4.24. The van der Waals surface area contributed by atoms with Crippen LogP contribution in [0.1, 0.15) is 67.2 Å². The number of carbonyl (C=O) groups is 2. The number of imide groups is 1. The summed E-state index contributed by atoms with van der Waals surface area (Å²) >= 11 is 0. The number of halogens is 3. The van der Waals surface area contributed by atoms with Gasteiger partial charge < -0.3 is 30.5 Å². The number of nitrogens with one attached hydrogen (secondary N) is 2. The quantitative estimate of drug-likeness (QED) is 0.0628. The number of benzene rings is 2. The fourth-order valence-corrected chi connectivity index (χ4v) is 7.49. The number of oxime groups is 1. The van der Waals surface area contributed by atoms with E-state index in [2.05, 4.69) is 56.2 Å². The van der Waals surface area contributed by atoms with Crippen LogP contribution in [0.4, 0.5) is 18.0 Å². The average molecular weight is 770 g/mol. The number of H-pyrrole nitrogens is 1. The molecule has 1 aliphatic heterocycles. The van der Waals surface area contributed by atoms with Gasteiger partial charge in [0.05, 0.1) is 17.2 Å². The van der Waals surface area contributed by atoms with Crippen LogP contribution in [0.15, 0.2) is 66.5 Å². The van der Waals surface area contributed by atoms with E-state index in [4.69, 9.17) is 15.3 Å². The van der Waals surface area contributed by atoms with Gasteiger partial charge in [-0.25, -0.2) is 4.79 Å². The Bertz CT molecular complexity index is 1710. The lowest BCUT2D eigenvalue weighted by Gasteiger charge is -2.47. The van der Waals surface area contributed by atoms with Crippen LogP contribution >= 0.6 is 0 Å². The molecule has 0 radical (unpaired) electrons. The molecular formula is C41H58F3N7O4. The van der Waals surface area contributed by atoms with E-state index in [0.717, 1.165) is 62.8 Å². The van der Waals surface area contributed by atoms with E-state index < -0.39 is 11.7 Å². The number of unbranched alkanes of at least 4 members (excludes halogenated alkanes) is 1. The third-order valence-electron chi connectivity index (χ3n) is 10.1. The summed E-state index contributed by atoms with van der Waals surface area (Å²) in [6.07, 6.45) is 4.46. The summed E-state index contributed by atoms with van der Waals surface area (Å²) in [5.74, 6) is -0.0133. The van der Waals surface area contributed by atoms with Crippen molar-refractivity contribution in [3.63, 3.8) is 0 Å². The molecule has 2 aromatic carbocycles. The van der Waals surface area contributed by atoms with Gasteiger partial charge in [0.1, 0.15) is 6.61 Å². The maximum absolute atomic E-state index is 13.7. The number of hydrogen-bond acceptors (Lipinski definition) is 8. The topological polar surface area (TPSA) is 129 Å². The monoisotopic (exact) mass is 769 g/mol. The second-order valence-corrected chi connectivity index (χ2v) is 14.3. The molecule has 3 amide bonds. The molecule has 1 fully saturated rings. The molecule has 0 spiro atoms. The van der Waals surface area contributed by atoms with Crippen LogP contribution in [-0.2, 0) is 27.0 Å². The molecule has 3 atom stereocenters. The van der Waals surface area contributed by atoms with Crippen LogP contribution in [-0.4, -0.2) is 117 Å². The number of piperidine rings is 1. The number of rotatable bonds is 17. The maximum Gasteiger partial charge on any atom is 0.416 e. The molecule has 1 saturated heterocycles. The molecule has 4 N–H and O–H groups in total. The number of amides is 3. The van der Waals surface area contributed by atoms with Crippen molar-refractivity contribution >= 4 is 28.6 Å². The molecule has 14 heteroatoms. The molecule has 1 aliphatic carbocycles. The van der Waals surface area contributed by atoms with Crippen molar-refractivity contribution in [1.29, 1.82) is 0 Å². The molecular weight excluding hydrogens is 711 g/mol. The second kappa shape index (κ2) is 21.2. The largest absolute Gasteiger partial charge is 0.416 e. The Balaban J connectivity index is 0.000000267. The summed E-state index contributed by atoms with van der Waals surface area (Å²) in [6, 6.07) is 11.4. The Kier molecular flexibility index (Phi) is 16.7. The normalized spacial score (nSPS) is 18.3. The van der Waals surface area contributed by atoms with Crippen LogP contribution in [0.5, 0.6) is 0 Å². The Morgan fingerprint density at radius 1 is 1.11 bits per heavy atom. The molecule has 3 aromatic rings. The van der Waals surface area contributed by atoms with Crippen LogP contribution in [0, 0.1) is 5.92 Å². The lowest BCUT2D eigenvalue weighted by Crippen LogP contribution is -2.55. The number of alkyl halides is 3. The van der Waals surface area contributed by atoms with Gasteiger partial charge in [0.2, 0.25) is 5.91 Å². The highest BCUT2D eigenvalue weighted by atomic mass is 19.4. The van der Waals surface area contributed by atoms with E-state index in [-0.39, 0.29) is 30.4 Å². The van der Waals surface area contributed by atoms with E-state index in [1.807, 2.05) is 27.1 Å². The van der Waals surface area contributed by atoms with Crippen molar-refractivity contribution < 1.29 is 32.3 Å². The number of carbonyl (C=O) groups excluding carboxylic acids is 2. The number of aromatic nitrogens is 1. The first-order valence-corrected chi connectivity index (χ1v) is 19.2. The predicted octanol–water partition coefficient (Wildman–Crippen LogP) is 6.40. The Labute approximate surface area is 323 Å². The van der Waals surface area contributed by atoms with Gasteiger partial charge in [-0.05, 0) is 101 Å². The number of aromatic amines is 1. The summed E-state index contributed by atoms with van der Waals surface area (Å²) in [7, 11) is 5.63. The van der Waals surface area contributed by atoms with Gasteiger partial charge in [0.15, 0.2) is 0 Å². The summed E-state index contributed by atoms with van der Waals surface area (Å²) < 4.78 is 42.7. The minimum absolute atomic E-state index is 0.0562. The van der Waals surface area contributed by atoms with Crippen LogP contribution in [0.25, 0.3) is 10.9 Å². The fraction of sp³-hybridized carbons (Fsp3) is 0.537. The van der Waals surface area contributed by atoms with E-state index >= 15 is 0 Å². The number of fused-ring (bicyclic) bond motifs is 2. The van der Waals surface area contributed by atoms with Gasteiger partial charge in [-0.2, -0.15) is 13.2 Å². The third kappa shape index (κ3) is 11.9. The van der Waals surface area contributed by atoms with Gasteiger partial charge in [-0.3, -0.25) is 14.6 Å². The van der Waals surface area contributed by atoms with Crippen molar-refractivity contribution in [1.82, 2.24) is 25.0 Å². The maximum atomic E-state index is 13.7. The van der Waals surface area contributed by atoms with Gasteiger partial charge in [0, 0.05) is 75.5 Å². The fourth-order valence-electron chi connectivity index (χ4n) is 7.49. The molecule has 55 heavy (non-hydrogen) atoms. The SMILES string of the molecule is C=CCN1C[C@H](C(=O)N(CCCN(C)C)C(=O)NCC)C[C@@H]2c3cccc4[nH]cc(c34)C[C@H]21.COCCCC/C(=N\OCCN)c1ccc(C(F)(F)F)cc1. The second-order valence-electron chi connectivity index (χ2n) is 14.3. The standard InChI is InChI=1S/C26H37N5O2.C15H21F3N2O2/c1-5-11-30-17-19(25(32)31(26(33)27-6-2)13-8-12-29(3)4)14-21-20-9-7-10-22-24(20)18(16-28-22)15-23(21)30;1-21-10-3-2-4-14(20-22-11-9-19)12-5-7-13(8-6-12)15(16,17)18/h5,7,9-10,16,19,21,23,28H,1,6,8,11-15,17H2,2-4H3,(H,27,33);5-8H,2-4,9-11,19H2,1H3/b;20-14+/t19-,21-,23-;/m1./s1. The smallest absolute Gasteiger partial charge is 0.394 e. The predicted molar refractivity (Wildman–Crippen MR) is 211 cm³/mol. The summed E-state index contributed by atoms with van der Waals surface area (Å²) in [4.78, 5) is 41.0. The van der Waals surface area contributed by atoms with E-state index in [1.165, 1.54) is 33.5 Å². The van der Waals surface area contributed by atoms with Crippen LogP contribution in [0.2, 0.25) is 0 Å². The first kappa shape index (κ1) is 43.5. The molecule has 2 aliphatic rings. The number of methoxy groups -OCH3 is 1. The average Bonchev–Trinajstić information content (AvgIpc) is 3.58. The number of nitrogens with two attached hydrogens (primary N) is 1. The molecule has 5 rings (SSSR count). The number of hydrogen-bond donors (Lipinski definition) is 3. The molecule has 0 bridgehead atoms. The van der Waals surface area contributed by atoms with Crippen molar-refractivity contribution in [3.8, 4) is 0 Å². The van der Waals surface area contributed by atoms with Crippen LogP contribution < -0.4 is 11.1 Å². The van der Waals surface area contributed by atoms with Gasteiger partial charge in [-0.15, -0.1) is 6.58 Å². The van der Waals surface area contributed by atoms with Crippen molar-refractivity contribution in [3.05, 3.63) is 83.6 Å². The highest BCUT2D eigenvalue weighted by Crippen LogP contribution is 2.45. The first-order valence-electron chi connectivity index (χ1n) is 19.2. The number of nitrogens with zero attached hydrogens (tertiary/aromatic N) is 4. The summed E-state index contributed by atoms with van der Waals surface area (Å²) in [6.45, 7) is 10.2. The van der Waals surface area contributed by atoms with E-state index in [9.17, 15) is 22.8 Å². The van der Waals surface area contributed by atoms with Gasteiger partial charge in [0.25, 0.3) is 0 Å². The van der Waals surface area contributed by atoms with Gasteiger partial charge >= 0.3 is 12.2 Å². The summed E-state index contributed by atoms with van der Waals surface area (Å²) in [5.41, 5.74) is 9.71. The third-order valence-corrected chi connectivity index (χ3v) is 10.1.